The summed E-state index contributed by atoms with van der Waals surface area (Å²) in [7, 11) is 0. The smallest absolute Gasteiger partial charge is 0.258 e. The fourth-order valence-electron chi connectivity index (χ4n) is 3.17. The molecule has 0 aliphatic heterocycles. The standard InChI is InChI=1S/C22H27NO2/c1-15(2)19-12-9-16(3)13-20(19)25-14-21(24)23-22(18-10-11-18)17-7-5-4-6-8-17/h4-9,12-13,15,18,22H,10-11,14H2,1-3H3,(H,23,24)/t22-/m1/s1. The molecular weight excluding hydrogens is 310 g/mol. The van der Waals surface area contributed by atoms with Crippen LogP contribution in [-0.4, -0.2) is 12.5 Å². The number of aryl methyl sites for hydroxylation is 1. The van der Waals surface area contributed by atoms with Crippen molar-refractivity contribution in [3.63, 3.8) is 0 Å². The van der Waals surface area contributed by atoms with Crippen LogP contribution in [0.2, 0.25) is 0 Å². The second-order valence-electron chi connectivity index (χ2n) is 7.28. The maximum atomic E-state index is 12.5. The maximum Gasteiger partial charge on any atom is 0.258 e. The van der Waals surface area contributed by atoms with Crippen LogP contribution in [0, 0.1) is 12.8 Å². The van der Waals surface area contributed by atoms with E-state index < -0.39 is 0 Å². The lowest BCUT2D eigenvalue weighted by molar-refractivity contribution is -0.124. The SMILES string of the molecule is Cc1ccc(C(C)C)c(OCC(=O)N[C@H](c2ccccc2)C2CC2)c1. The summed E-state index contributed by atoms with van der Waals surface area (Å²) in [5.41, 5.74) is 3.46. The molecule has 0 aromatic heterocycles. The summed E-state index contributed by atoms with van der Waals surface area (Å²) >= 11 is 0. The van der Waals surface area contributed by atoms with E-state index in [0.717, 1.165) is 16.9 Å². The summed E-state index contributed by atoms with van der Waals surface area (Å²) in [6, 6.07) is 16.5. The molecule has 25 heavy (non-hydrogen) atoms. The molecule has 2 aromatic carbocycles. The molecule has 3 heteroatoms. The van der Waals surface area contributed by atoms with Gasteiger partial charge in [0.1, 0.15) is 5.75 Å². The average Bonchev–Trinajstić information content (AvgIpc) is 3.43. The molecule has 1 saturated carbocycles. The molecule has 0 saturated heterocycles. The van der Waals surface area contributed by atoms with Gasteiger partial charge in [0, 0.05) is 0 Å². The Morgan fingerprint density at radius 2 is 1.88 bits per heavy atom. The van der Waals surface area contributed by atoms with Crippen molar-refractivity contribution in [2.45, 2.75) is 45.6 Å². The lowest BCUT2D eigenvalue weighted by atomic mass is 10.0. The van der Waals surface area contributed by atoms with Crippen LogP contribution in [0.25, 0.3) is 0 Å². The normalized spacial score (nSPS) is 15.0. The number of rotatable bonds is 7. The molecule has 1 N–H and O–H groups in total. The Labute approximate surface area is 150 Å². The zero-order chi connectivity index (χ0) is 17.8. The van der Waals surface area contributed by atoms with E-state index in [0.29, 0.717) is 11.8 Å². The summed E-state index contributed by atoms with van der Waals surface area (Å²) in [6.07, 6.45) is 2.35. The van der Waals surface area contributed by atoms with Crippen LogP contribution in [0.3, 0.4) is 0 Å². The number of hydrogen-bond donors (Lipinski definition) is 1. The van der Waals surface area contributed by atoms with Crippen LogP contribution in [0.5, 0.6) is 5.75 Å². The molecule has 0 heterocycles. The summed E-state index contributed by atoms with van der Waals surface area (Å²) in [4.78, 5) is 12.5. The van der Waals surface area contributed by atoms with E-state index in [-0.39, 0.29) is 18.6 Å². The van der Waals surface area contributed by atoms with E-state index >= 15 is 0 Å². The average molecular weight is 337 g/mol. The van der Waals surface area contributed by atoms with Gasteiger partial charge in [-0.15, -0.1) is 0 Å². The first-order valence-electron chi connectivity index (χ1n) is 9.12. The highest BCUT2D eigenvalue weighted by molar-refractivity contribution is 5.78. The van der Waals surface area contributed by atoms with E-state index in [4.69, 9.17) is 4.74 Å². The Morgan fingerprint density at radius 3 is 2.52 bits per heavy atom. The van der Waals surface area contributed by atoms with Gasteiger partial charge in [-0.05, 0) is 54.4 Å². The second-order valence-corrected chi connectivity index (χ2v) is 7.28. The predicted octanol–water partition coefficient (Wildman–Crippen LogP) is 4.76. The molecule has 0 unspecified atom stereocenters. The van der Waals surface area contributed by atoms with Gasteiger partial charge in [0.25, 0.3) is 5.91 Å². The molecule has 1 amide bonds. The van der Waals surface area contributed by atoms with Crippen LogP contribution >= 0.6 is 0 Å². The first kappa shape index (κ1) is 17.5. The lowest BCUT2D eigenvalue weighted by Gasteiger charge is -2.20. The molecule has 3 nitrogen and oxygen atoms in total. The van der Waals surface area contributed by atoms with Crippen LogP contribution in [0.15, 0.2) is 48.5 Å². The molecule has 132 valence electrons. The predicted molar refractivity (Wildman–Crippen MR) is 101 cm³/mol. The quantitative estimate of drug-likeness (QED) is 0.791. The van der Waals surface area contributed by atoms with Crippen molar-refractivity contribution in [1.82, 2.24) is 5.32 Å². The van der Waals surface area contributed by atoms with Crippen molar-refractivity contribution < 1.29 is 9.53 Å². The molecule has 1 aliphatic carbocycles. The highest BCUT2D eigenvalue weighted by atomic mass is 16.5. The summed E-state index contributed by atoms with van der Waals surface area (Å²) in [6.45, 7) is 6.36. The maximum absolute atomic E-state index is 12.5. The fraction of sp³-hybridized carbons (Fsp3) is 0.409. The number of carbonyl (C=O) groups is 1. The number of nitrogens with one attached hydrogen (secondary N) is 1. The highest BCUT2D eigenvalue weighted by Gasteiger charge is 2.33. The Kier molecular flexibility index (Phi) is 5.42. The van der Waals surface area contributed by atoms with Gasteiger partial charge in [-0.2, -0.15) is 0 Å². The van der Waals surface area contributed by atoms with E-state index in [9.17, 15) is 4.79 Å². The van der Waals surface area contributed by atoms with Crippen molar-refractivity contribution in [2.75, 3.05) is 6.61 Å². The van der Waals surface area contributed by atoms with Gasteiger partial charge in [0.15, 0.2) is 6.61 Å². The second kappa shape index (κ2) is 7.73. The van der Waals surface area contributed by atoms with E-state index in [1.807, 2.05) is 31.2 Å². The minimum absolute atomic E-state index is 0.0548. The third-order valence-electron chi connectivity index (χ3n) is 4.72. The van der Waals surface area contributed by atoms with Crippen LogP contribution in [0.1, 0.15) is 55.3 Å². The minimum atomic E-state index is -0.0584. The van der Waals surface area contributed by atoms with Gasteiger partial charge in [-0.1, -0.05) is 56.3 Å². The van der Waals surface area contributed by atoms with Crippen molar-refractivity contribution in [3.05, 3.63) is 65.2 Å². The van der Waals surface area contributed by atoms with Crippen LogP contribution < -0.4 is 10.1 Å². The summed E-state index contributed by atoms with van der Waals surface area (Å²) in [5, 5.41) is 3.16. The molecule has 1 atom stereocenters. The monoisotopic (exact) mass is 337 g/mol. The largest absolute Gasteiger partial charge is 0.483 e. The van der Waals surface area contributed by atoms with Gasteiger partial charge in [0.05, 0.1) is 6.04 Å². The Bertz CT molecular complexity index is 720. The zero-order valence-electron chi connectivity index (χ0n) is 15.3. The van der Waals surface area contributed by atoms with Crippen molar-refractivity contribution in [3.8, 4) is 5.75 Å². The molecule has 1 fully saturated rings. The third-order valence-corrected chi connectivity index (χ3v) is 4.72. The van der Waals surface area contributed by atoms with E-state index in [1.165, 1.54) is 18.4 Å². The molecule has 0 bridgehead atoms. The van der Waals surface area contributed by atoms with E-state index in [1.54, 1.807) is 0 Å². The summed E-state index contributed by atoms with van der Waals surface area (Å²) in [5.74, 6) is 1.67. The molecule has 0 radical (unpaired) electrons. The van der Waals surface area contributed by atoms with Crippen molar-refractivity contribution in [2.24, 2.45) is 5.92 Å². The van der Waals surface area contributed by atoms with Gasteiger partial charge >= 0.3 is 0 Å². The van der Waals surface area contributed by atoms with Crippen molar-refractivity contribution in [1.29, 1.82) is 0 Å². The molecule has 1 aliphatic rings. The van der Waals surface area contributed by atoms with Gasteiger partial charge in [-0.3, -0.25) is 4.79 Å². The number of benzene rings is 2. The third kappa shape index (κ3) is 4.62. The van der Waals surface area contributed by atoms with Gasteiger partial charge < -0.3 is 10.1 Å². The number of ether oxygens (including phenoxy) is 1. The molecular formula is C22H27NO2. The lowest BCUT2D eigenvalue weighted by Crippen LogP contribution is -2.33. The molecule has 2 aromatic rings. The molecule has 0 spiro atoms. The Balaban J connectivity index is 1.64. The molecule has 3 rings (SSSR count). The van der Waals surface area contributed by atoms with Crippen LogP contribution in [-0.2, 0) is 4.79 Å². The highest BCUT2D eigenvalue weighted by Crippen LogP contribution is 2.40. The van der Waals surface area contributed by atoms with Crippen molar-refractivity contribution >= 4 is 5.91 Å². The first-order valence-corrected chi connectivity index (χ1v) is 9.12. The topological polar surface area (TPSA) is 38.3 Å². The van der Waals surface area contributed by atoms with Gasteiger partial charge in [0.2, 0.25) is 0 Å². The number of hydrogen-bond acceptors (Lipinski definition) is 2. The van der Waals surface area contributed by atoms with Gasteiger partial charge in [-0.25, -0.2) is 0 Å². The fourth-order valence-corrected chi connectivity index (χ4v) is 3.17. The zero-order valence-corrected chi connectivity index (χ0v) is 15.3. The number of amides is 1. The first-order chi connectivity index (χ1) is 12.0. The summed E-state index contributed by atoms with van der Waals surface area (Å²) < 4.78 is 5.87. The van der Waals surface area contributed by atoms with Crippen LogP contribution in [0.4, 0.5) is 0 Å². The Hall–Kier alpha value is -2.29. The Morgan fingerprint density at radius 1 is 1.16 bits per heavy atom. The van der Waals surface area contributed by atoms with E-state index in [2.05, 4.69) is 43.4 Å². The minimum Gasteiger partial charge on any atom is -0.483 e. The number of carbonyl (C=O) groups excluding carboxylic acids is 1.